The first-order valence-electron chi connectivity index (χ1n) is 6.75. The van der Waals surface area contributed by atoms with Gasteiger partial charge in [0.05, 0.1) is 5.52 Å². The highest BCUT2D eigenvalue weighted by atomic mass is 15.5. The predicted molar refractivity (Wildman–Crippen MR) is 75.2 cm³/mol. The summed E-state index contributed by atoms with van der Waals surface area (Å²) in [6.45, 7) is 4.61. The lowest BCUT2D eigenvalue weighted by Crippen LogP contribution is -2.10. The van der Waals surface area contributed by atoms with Crippen LogP contribution in [-0.4, -0.2) is 30.2 Å². The van der Waals surface area contributed by atoms with Gasteiger partial charge in [-0.3, -0.25) is 0 Å². The third-order valence-corrected chi connectivity index (χ3v) is 3.21. The number of hydrogen-bond acceptors (Lipinski definition) is 5. The fourth-order valence-corrected chi connectivity index (χ4v) is 2.25. The maximum Gasteiger partial charge on any atom is 0.151 e. The molecule has 3 aromatic rings. The highest BCUT2D eigenvalue weighted by Gasteiger charge is 2.09. The highest BCUT2D eigenvalue weighted by Crippen LogP contribution is 2.15. The first-order valence-corrected chi connectivity index (χ1v) is 6.75. The summed E-state index contributed by atoms with van der Waals surface area (Å²) in [5, 5.41) is 12.9. The third kappa shape index (κ3) is 2.36. The molecule has 0 amide bonds. The Labute approximate surface area is 116 Å². The minimum Gasteiger partial charge on any atom is -0.236 e. The molecule has 0 radical (unpaired) electrons. The van der Waals surface area contributed by atoms with Crippen LogP contribution in [0.25, 0.3) is 10.9 Å². The summed E-state index contributed by atoms with van der Waals surface area (Å²) in [7, 11) is 0. The summed E-state index contributed by atoms with van der Waals surface area (Å²) in [5.74, 6) is 1.62. The molecule has 0 N–H and O–H groups in total. The van der Waals surface area contributed by atoms with E-state index in [1.165, 1.54) is 0 Å². The zero-order valence-electron chi connectivity index (χ0n) is 11.6. The summed E-state index contributed by atoms with van der Waals surface area (Å²) < 4.78 is 1.77. The van der Waals surface area contributed by atoms with Crippen LogP contribution >= 0.6 is 0 Å². The largest absolute Gasteiger partial charge is 0.236 e. The second-order valence-electron chi connectivity index (χ2n) is 4.75. The van der Waals surface area contributed by atoms with Gasteiger partial charge in [-0.2, -0.15) is 0 Å². The van der Waals surface area contributed by atoms with E-state index in [0.29, 0.717) is 6.54 Å². The smallest absolute Gasteiger partial charge is 0.151 e. The Morgan fingerprint density at radius 1 is 1.15 bits per heavy atom. The summed E-state index contributed by atoms with van der Waals surface area (Å²) in [5.41, 5.74) is 1.94. The first-order chi connectivity index (χ1) is 9.78. The maximum atomic E-state index is 4.58. The van der Waals surface area contributed by atoms with E-state index in [2.05, 4.69) is 32.4 Å². The molecule has 0 aliphatic rings. The third-order valence-electron chi connectivity index (χ3n) is 3.21. The molecule has 0 aliphatic carbocycles. The van der Waals surface area contributed by atoms with Crippen LogP contribution in [0.4, 0.5) is 0 Å². The van der Waals surface area contributed by atoms with E-state index in [9.17, 15) is 0 Å². The number of nitrogens with zero attached hydrogens (tertiary/aromatic N) is 6. The van der Waals surface area contributed by atoms with Crippen LogP contribution in [0.15, 0.2) is 24.3 Å². The number of para-hydroxylation sites is 1. The Bertz CT molecular complexity index is 733. The molecule has 3 rings (SSSR count). The molecule has 6 heteroatoms. The average molecular weight is 268 g/mol. The Morgan fingerprint density at radius 3 is 2.85 bits per heavy atom. The SMILES string of the molecule is CCCc1nnnn1Cc1nc(C)c2ccccc2n1. The van der Waals surface area contributed by atoms with E-state index in [0.717, 1.165) is 41.1 Å². The maximum absolute atomic E-state index is 4.58. The highest BCUT2D eigenvalue weighted by molar-refractivity contribution is 5.80. The van der Waals surface area contributed by atoms with Crippen LogP contribution in [0.5, 0.6) is 0 Å². The Kier molecular flexibility index (Phi) is 3.37. The van der Waals surface area contributed by atoms with Gasteiger partial charge >= 0.3 is 0 Å². The number of rotatable bonds is 4. The van der Waals surface area contributed by atoms with Crippen LogP contribution in [0.1, 0.15) is 30.7 Å². The molecule has 0 aliphatic heterocycles. The van der Waals surface area contributed by atoms with Gasteiger partial charge in [0.25, 0.3) is 0 Å². The molecular formula is C14H16N6. The van der Waals surface area contributed by atoms with Crippen molar-refractivity contribution in [3.05, 3.63) is 41.6 Å². The Balaban J connectivity index is 1.96. The van der Waals surface area contributed by atoms with E-state index in [4.69, 9.17) is 0 Å². The summed E-state index contributed by atoms with van der Waals surface area (Å²) in [6, 6.07) is 8.02. The van der Waals surface area contributed by atoms with Gasteiger partial charge in [-0.05, 0) is 29.8 Å². The normalized spacial score (nSPS) is 11.1. The van der Waals surface area contributed by atoms with Gasteiger partial charge in [0.1, 0.15) is 6.54 Å². The van der Waals surface area contributed by atoms with Gasteiger partial charge in [0.2, 0.25) is 0 Å². The van der Waals surface area contributed by atoms with Crippen LogP contribution in [-0.2, 0) is 13.0 Å². The molecule has 0 bridgehead atoms. The first kappa shape index (κ1) is 12.7. The second kappa shape index (κ2) is 5.32. The molecule has 2 aromatic heterocycles. The van der Waals surface area contributed by atoms with Crippen LogP contribution < -0.4 is 0 Å². The minimum atomic E-state index is 0.508. The lowest BCUT2D eigenvalue weighted by Gasteiger charge is -2.06. The molecule has 0 spiro atoms. The summed E-state index contributed by atoms with van der Waals surface area (Å²) >= 11 is 0. The van der Waals surface area contributed by atoms with Crippen molar-refractivity contribution >= 4 is 10.9 Å². The van der Waals surface area contributed by atoms with Crippen molar-refractivity contribution in [2.24, 2.45) is 0 Å². The van der Waals surface area contributed by atoms with Crippen LogP contribution in [0, 0.1) is 6.92 Å². The van der Waals surface area contributed by atoms with Gasteiger partial charge in [-0.15, -0.1) is 5.10 Å². The van der Waals surface area contributed by atoms with E-state index in [1.54, 1.807) is 4.68 Å². The van der Waals surface area contributed by atoms with E-state index in [-0.39, 0.29) is 0 Å². The molecule has 0 saturated heterocycles. The summed E-state index contributed by atoms with van der Waals surface area (Å²) in [6.07, 6.45) is 1.87. The zero-order chi connectivity index (χ0) is 13.9. The number of hydrogen-bond donors (Lipinski definition) is 0. The van der Waals surface area contributed by atoms with E-state index >= 15 is 0 Å². The van der Waals surface area contributed by atoms with Crippen molar-refractivity contribution in [2.45, 2.75) is 33.2 Å². The molecule has 0 saturated carbocycles. The topological polar surface area (TPSA) is 69.4 Å². The van der Waals surface area contributed by atoms with Crippen molar-refractivity contribution in [3.8, 4) is 0 Å². The molecule has 6 nitrogen and oxygen atoms in total. The molecule has 102 valence electrons. The molecular weight excluding hydrogens is 252 g/mol. The number of fused-ring (bicyclic) bond motifs is 1. The van der Waals surface area contributed by atoms with Crippen molar-refractivity contribution in [1.29, 1.82) is 0 Å². The fourth-order valence-electron chi connectivity index (χ4n) is 2.25. The molecule has 0 fully saturated rings. The number of aryl methyl sites for hydroxylation is 2. The van der Waals surface area contributed by atoms with Crippen LogP contribution in [0.3, 0.4) is 0 Å². The molecule has 1 aromatic carbocycles. The lowest BCUT2D eigenvalue weighted by atomic mass is 10.2. The van der Waals surface area contributed by atoms with E-state index in [1.807, 2.05) is 31.2 Å². The second-order valence-corrected chi connectivity index (χ2v) is 4.75. The Hall–Kier alpha value is -2.37. The fraction of sp³-hybridized carbons (Fsp3) is 0.357. The number of aromatic nitrogens is 6. The van der Waals surface area contributed by atoms with Crippen LogP contribution in [0.2, 0.25) is 0 Å². The van der Waals surface area contributed by atoms with Gasteiger partial charge in [0, 0.05) is 17.5 Å². The Morgan fingerprint density at radius 2 is 2.00 bits per heavy atom. The molecule has 0 unspecified atom stereocenters. The number of tetrazole rings is 1. The van der Waals surface area contributed by atoms with Crippen molar-refractivity contribution < 1.29 is 0 Å². The lowest BCUT2D eigenvalue weighted by molar-refractivity contribution is 0.593. The zero-order valence-corrected chi connectivity index (χ0v) is 11.6. The van der Waals surface area contributed by atoms with Gasteiger partial charge in [-0.25, -0.2) is 14.6 Å². The molecule has 2 heterocycles. The average Bonchev–Trinajstić information content (AvgIpc) is 2.87. The van der Waals surface area contributed by atoms with Gasteiger partial charge in [-0.1, -0.05) is 25.1 Å². The molecule has 0 atom stereocenters. The summed E-state index contributed by atoms with van der Waals surface area (Å²) in [4.78, 5) is 9.13. The van der Waals surface area contributed by atoms with E-state index < -0.39 is 0 Å². The number of benzene rings is 1. The van der Waals surface area contributed by atoms with Crippen molar-refractivity contribution in [2.75, 3.05) is 0 Å². The van der Waals surface area contributed by atoms with Crippen molar-refractivity contribution in [3.63, 3.8) is 0 Å². The minimum absolute atomic E-state index is 0.508. The standard InChI is InChI=1S/C14H16N6/c1-3-6-14-17-18-19-20(14)9-13-15-10(2)11-7-4-5-8-12(11)16-13/h4-5,7-8H,3,6,9H2,1-2H3. The van der Waals surface area contributed by atoms with Gasteiger partial charge < -0.3 is 0 Å². The monoisotopic (exact) mass is 268 g/mol. The molecule has 20 heavy (non-hydrogen) atoms. The van der Waals surface area contributed by atoms with Crippen molar-refractivity contribution in [1.82, 2.24) is 30.2 Å². The predicted octanol–water partition coefficient (Wildman–Crippen LogP) is 1.93. The quantitative estimate of drug-likeness (QED) is 0.723. The van der Waals surface area contributed by atoms with Gasteiger partial charge in [0.15, 0.2) is 11.6 Å².